The van der Waals surface area contributed by atoms with Crippen LogP contribution in [0.3, 0.4) is 0 Å². The summed E-state index contributed by atoms with van der Waals surface area (Å²) in [6.07, 6.45) is 1.90. The van der Waals surface area contributed by atoms with Gasteiger partial charge >= 0.3 is 5.97 Å². The second kappa shape index (κ2) is 3.27. The lowest BCUT2D eigenvalue weighted by molar-refractivity contribution is -0.151. The van der Waals surface area contributed by atoms with E-state index in [-0.39, 0.29) is 17.7 Å². The molecule has 2 heterocycles. The van der Waals surface area contributed by atoms with Crippen molar-refractivity contribution in [1.82, 2.24) is 0 Å². The van der Waals surface area contributed by atoms with Gasteiger partial charge in [0.05, 0.1) is 12.7 Å². The van der Waals surface area contributed by atoms with E-state index in [1.807, 2.05) is 0 Å². The highest BCUT2D eigenvalue weighted by atomic mass is 16.6. The van der Waals surface area contributed by atoms with Gasteiger partial charge in [0.25, 0.3) is 0 Å². The molecule has 2 aliphatic rings. The van der Waals surface area contributed by atoms with E-state index in [1.165, 1.54) is 6.92 Å². The molecule has 74 valence electrons. The number of carbonyl (C=O) groups is 1. The topological polar surface area (TPSA) is 44.8 Å². The molecule has 0 aliphatic carbocycles. The van der Waals surface area contributed by atoms with Crippen LogP contribution in [0.5, 0.6) is 0 Å². The van der Waals surface area contributed by atoms with Crippen LogP contribution in [0.1, 0.15) is 19.8 Å². The standard InChI is InChI=1S/C9H14O4/c1-7(10)12-6-9-2-3-11-8(4-9)5-13-9/h8H,2-6H2,1H3. The minimum atomic E-state index is -0.243. The lowest BCUT2D eigenvalue weighted by Gasteiger charge is -2.30. The zero-order chi connectivity index (χ0) is 9.31. The predicted molar refractivity (Wildman–Crippen MR) is 44.3 cm³/mol. The van der Waals surface area contributed by atoms with E-state index in [0.717, 1.165) is 12.8 Å². The van der Waals surface area contributed by atoms with Crippen LogP contribution in [0.15, 0.2) is 0 Å². The predicted octanol–water partition coefficient (Wildman–Crippen LogP) is 0.498. The first-order chi connectivity index (χ1) is 6.20. The van der Waals surface area contributed by atoms with Crippen molar-refractivity contribution in [3.63, 3.8) is 0 Å². The first-order valence-corrected chi connectivity index (χ1v) is 4.59. The molecular formula is C9H14O4. The maximum absolute atomic E-state index is 10.6. The van der Waals surface area contributed by atoms with Crippen molar-refractivity contribution in [2.75, 3.05) is 19.8 Å². The Hall–Kier alpha value is -0.610. The fourth-order valence-electron chi connectivity index (χ4n) is 1.90. The quantitative estimate of drug-likeness (QED) is 0.589. The third kappa shape index (κ3) is 1.84. The van der Waals surface area contributed by atoms with Crippen molar-refractivity contribution in [3.05, 3.63) is 0 Å². The molecule has 0 radical (unpaired) electrons. The lowest BCUT2D eigenvalue weighted by atomic mass is 9.94. The lowest BCUT2D eigenvalue weighted by Crippen LogP contribution is -2.39. The number of ether oxygens (including phenoxy) is 3. The van der Waals surface area contributed by atoms with Gasteiger partial charge in [-0.15, -0.1) is 0 Å². The van der Waals surface area contributed by atoms with Crippen molar-refractivity contribution in [1.29, 1.82) is 0 Å². The molecule has 0 saturated carbocycles. The minimum absolute atomic E-state index is 0.212. The Morgan fingerprint density at radius 1 is 1.69 bits per heavy atom. The van der Waals surface area contributed by atoms with Gasteiger partial charge in [0, 0.05) is 26.4 Å². The van der Waals surface area contributed by atoms with Gasteiger partial charge in [-0.25, -0.2) is 0 Å². The summed E-state index contributed by atoms with van der Waals surface area (Å²) in [4.78, 5) is 10.6. The zero-order valence-electron chi connectivity index (χ0n) is 7.75. The average Bonchev–Trinajstić information content (AvgIpc) is 2.40. The Bertz CT molecular complexity index is 212. The van der Waals surface area contributed by atoms with E-state index in [1.54, 1.807) is 0 Å². The molecule has 0 aromatic rings. The highest BCUT2D eigenvalue weighted by Crippen LogP contribution is 2.35. The van der Waals surface area contributed by atoms with Gasteiger partial charge in [-0.1, -0.05) is 0 Å². The summed E-state index contributed by atoms with van der Waals surface area (Å²) in [7, 11) is 0. The third-order valence-corrected chi connectivity index (χ3v) is 2.62. The Kier molecular flexibility index (Phi) is 2.26. The van der Waals surface area contributed by atoms with E-state index in [0.29, 0.717) is 19.8 Å². The van der Waals surface area contributed by atoms with E-state index < -0.39 is 0 Å². The number of carbonyl (C=O) groups excluding carboxylic acids is 1. The van der Waals surface area contributed by atoms with Gasteiger partial charge in [-0.3, -0.25) is 4.79 Å². The zero-order valence-corrected chi connectivity index (χ0v) is 7.75. The molecule has 0 aromatic carbocycles. The molecule has 2 saturated heterocycles. The van der Waals surface area contributed by atoms with Crippen LogP contribution < -0.4 is 0 Å². The van der Waals surface area contributed by atoms with Crippen LogP contribution >= 0.6 is 0 Å². The molecule has 0 N–H and O–H groups in total. The van der Waals surface area contributed by atoms with Crippen molar-refractivity contribution in [2.45, 2.75) is 31.5 Å². The van der Waals surface area contributed by atoms with Gasteiger partial charge in [-0.2, -0.15) is 0 Å². The number of hydrogen-bond acceptors (Lipinski definition) is 4. The molecule has 13 heavy (non-hydrogen) atoms. The van der Waals surface area contributed by atoms with E-state index in [2.05, 4.69) is 0 Å². The highest BCUT2D eigenvalue weighted by Gasteiger charge is 2.45. The molecule has 2 atom stereocenters. The van der Waals surface area contributed by atoms with Crippen molar-refractivity contribution >= 4 is 5.97 Å². The van der Waals surface area contributed by atoms with E-state index in [4.69, 9.17) is 14.2 Å². The molecule has 2 bridgehead atoms. The summed E-state index contributed by atoms with van der Waals surface area (Å²) in [5.74, 6) is -0.243. The Morgan fingerprint density at radius 3 is 3.31 bits per heavy atom. The maximum atomic E-state index is 10.6. The third-order valence-electron chi connectivity index (χ3n) is 2.62. The van der Waals surface area contributed by atoms with Gasteiger partial charge < -0.3 is 14.2 Å². The van der Waals surface area contributed by atoms with Crippen LogP contribution in [0.25, 0.3) is 0 Å². The fraction of sp³-hybridized carbons (Fsp3) is 0.889. The Morgan fingerprint density at radius 2 is 2.54 bits per heavy atom. The van der Waals surface area contributed by atoms with Crippen molar-refractivity contribution < 1.29 is 19.0 Å². The Labute approximate surface area is 77.1 Å². The molecule has 2 rings (SSSR count). The summed E-state index contributed by atoms with van der Waals surface area (Å²) in [5, 5.41) is 0. The fourth-order valence-corrected chi connectivity index (χ4v) is 1.90. The first-order valence-electron chi connectivity index (χ1n) is 4.59. The number of fused-ring (bicyclic) bond motifs is 2. The Balaban J connectivity index is 1.92. The molecule has 4 nitrogen and oxygen atoms in total. The van der Waals surface area contributed by atoms with Gasteiger partial charge in [0.15, 0.2) is 0 Å². The largest absolute Gasteiger partial charge is 0.463 e. The van der Waals surface area contributed by atoms with Crippen molar-refractivity contribution in [3.8, 4) is 0 Å². The van der Waals surface area contributed by atoms with Crippen LogP contribution in [0.4, 0.5) is 0 Å². The van der Waals surface area contributed by atoms with Gasteiger partial charge in [0.1, 0.15) is 12.2 Å². The first kappa shape index (κ1) is 8.97. The number of esters is 1. The smallest absolute Gasteiger partial charge is 0.302 e. The van der Waals surface area contributed by atoms with Crippen LogP contribution in [0, 0.1) is 0 Å². The van der Waals surface area contributed by atoms with Crippen LogP contribution in [-0.2, 0) is 19.0 Å². The molecule has 0 spiro atoms. The van der Waals surface area contributed by atoms with Gasteiger partial charge in [0.2, 0.25) is 0 Å². The SMILES string of the molecule is CC(=O)OCC12CCOC(CO1)C2. The normalized spacial score (nSPS) is 37.5. The summed E-state index contributed by atoms with van der Waals surface area (Å²) >= 11 is 0. The molecule has 2 unspecified atom stereocenters. The highest BCUT2D eigenvalue weighted by molar-refractivity contribution is 5.65. The van der Waals surface area contributed by atoms with Crippen LogP contribution in [-0.4, -0.2) is 37.5 Å². The molecular weight excluding hydrogens is 172 g/mol. The maximum Gasteiger partial charge on any atom is 0.302 e. The summed E-state index contributed by atoms with van der Waals surface area (Å²) in [6.45, 7) is 3.15. The molecule has 2 fully saturated rings. The van der Waals surface area contributed by atoms with E-state index >= 15 is 0 Å². The monoisotopic (exact) mass is 186 g/mol. The number of rotatable bonds is 2. The van der Waals surface area contributed by atoms with Gasteiger partial charge in [-0.05, 0) is 0 Å². The molecule has 0 amide bonds. The molecule has 4 heteroatoms. The van der Waals surface area contributed by atoms with Crippen molar-refractivity contribution in [2.24, 2.45) is 0 Å². The molecule has 0 aromatic heterocycles. The van der Waals surface area contributed by atoms with Crippen LogP contribution in [0.2, 0.25) is 0 Å². The second-order valence-electron chi connectivity index (χ2n) is 3.72. The summed E-state index contributed by atoms with van der Waals surface area (Å²) in [6, 6.07) is 0. The minimum Gasteiger partial charge on any atom is -0.463 e. The average molecular weight is 186 g/mol. The van der Waals surface area contributed by atoms with E-state index in [9.17, 15) is 4.79 Å². The summed E-state index contributed by atoms with van der Waals surface area (Å²) < 4.78 is 16.0. The number of hydrogen-bond donors (Lipinski definition) is 0. The molecule has 2 aliphatic heterocycles. The second-order valence-corrected chi connectivity index (χ2v) is 3.72. The summed E-state index contributed by atoms with van der Waals surface area (Å²) in [5.41, 5.74) is -0.241.